The average molecular weight is 289 g/mol. The van der Waals surface area contributed by atoms with E-state index in [1.54, 1.807) is 17.2 Å². The maximum absolute atomic E-state index is 12.0. The van der Waals surface area contributed by atoms with Crippen molar-refractivity contribution in [3.05, 3.63) is 22.4 Å². The second kappa shape index (κ2) is 4.99. The van der Waals surface area contributed by atoms with Crippen molar-refractivity contribution in [1.29, 1.82) is 0 Å². The van der Waals surface area contributed by atoms with Gasteiger partial charge in [-0.15, -0.1) is 0 Å². The van der Waals surface area contributed by atoms with Gasteiger partial charge in [-0.1, -0.05) is 0 Å². The van der Waals surface area contributed by atoms with Crippen LogP contribution in [0.4, 0.5) is 0 Å². The highest BCUT2D eigenvalue weighted by atomic mass is 79.9. The standard InChI is InChI=1S/C10H13BrN2O3/c11-7-3-9(12-4-7)10(15)13-1-2-16-8(5-13)6-14/h3-4,8,12,14H,1-2,5-6H2. The number of carbonyl (C=O) groups is 1. The van der Waals surface area contributed by atoms with Crippen LogP contribution in [0.1, 0.15) is 10.5 Å². The molecule has 6 heteroatoms. The van der Waals surface area contributed by atoms with Crippen molar-refractivity contribution in [2.45, 2.75) is 6.10 Å². The van der Waals surface area contributed by atoms with Crippen LogP contribution in [0.3, 0.4) is 0 Å². The highest BCUT2D eigenvalue weighted by Gasteiger charge is 2.25. The Labute approximate surface area is 102 Å². The van der Waals surface area contributed by atoms with Crippen molar-refractivity contribution < 1.29 is 14.6 Å². The Kier molecular flexibility index (Phi) is 3.63. The number of amides is 1. The van der Waals surface area contributed by atoms with Gasteiger partial charge in [-0.3, -0.25) is 4.79 Å². The van der Waals surface area contributed by atoms with Gasteiger partial charge >= 0.3 is 0 Å². The van der Waals surface area contributed by atoms with E-state index in [0.717, 1.165) is 4.47 Å². The fourth-order valence-electron chi connectivity index (χ4n) is 1.68. The van der Waals surface area contributed by atoms with Gasteiger partial charge in [-0.2, -0.15) is 0 Å². The van der Waals surface area contributed by atoms with Gasteiger partial charge in [-0.05, 0) is 22.0 Å². The summed E-state index contributed by atoms with van der Waals surface area (Å²) in [6, 6.07) is 1.74. The van der Waals surface area contributed by atoms with Gasteiger partial charge in [-0.25, -0.2) is 0 Å². The average Bonchev–Trinajstić information content (AvgIpc) is 2.75. The van der Waals surface area contributed by atoms with Crippen LogP contribution in [0.25, 0.3) is 0 Å². The predicted octanol–water partition coefficient (Wildman–Crippen LogP) is 0.610. The largest absolute Gasteiger partial charge is 0.394 e. The molecule has 1 fully saturated rings. The predicted molar refractivity (Wildman–Crippen MR) is 61.2 cm³/mol. The second-order valence-electron chi connectivity index (χ2n) is 3.66. The van der Waals surface area contributed by atoms with E-state index in [0.29, 0.717) is 25.4 Å². The number of carbonyl (C=O) groups excluding carboxylic acids is 1. The lowest BCUT2D eigenvalue weighted by Gasteiger charge is -2.31. The molecular weight excluding hydrogens is 276 g/mol. The molecule has 0 aliphatic carbocycles. The summed E-state index contributed by atoms with van der Waals surface area (Å²) in [4.78, 5) is 16.6. The maximum atomic E-state index is 12.0. The van der Waals surface area contributed by atoms with E-state index in [2.05, 4.69) is 20.9 Å². The third-order valence-electron chi connectivity index (χ3n) is 2.51. The first-order valence-corrected chi connectivity index (χ1v) is 5.85. The van der Waals surface area contributed by atoms with Crippen LogP contribution in [-0.2, 0) is 4.74 Å². The highest BCUT2D eigenvalue weighted by molar-refractivity contribution is 9.10. The van der Waals surface area contributed by atoms with E-state index in [9.17, 15) is 4.79 Å². The number of H-pyrrole nitrogens is 1. The Morgan fingerprint density at radius 3 is 3.19 bits per heavy atom. The molecule has 0 saturated carbocycles. The van der Waals surface area contributed by atoms with Gasteiger partial charge in [0.25, 0.3) is 5.91 Å². The Bertz CT molecular complexity index is 380. The normalized spacial score (nSPS) is 21.1. The molecule has 2 N–H and O–H groups in total. The zero-order valence-corrected chi connectivity index (χ0v) is 10.2. The number of aromatic amines is 1. The molecule has 1 aliphatic heterocycles. The quantitative estimate of drug-likeness (QED) is 0.838. The number of aromatic nitrogens is 1. The number of hydrogen-bond donors (Lipinski definition) is 2. The molecule has 16 heavy (non-hydrogen) atoms. The summed E-state index contributed by atoms with van der Waals surface area (Å²) < 4.78 is 6.14. The third kappa shape index (κ3) is 2.45. The molecule has 1 saturated heterocycles. The zero-order valence-electron chi connectivity index (χ0n) is 8.65. The van der Waals surface area contributed by atoms with Crippen molar-refractivity contribution in [3.8, 4) is 0 Å². The number of halogens is 1. The summed E-state index contributed by atoms with van der Waals surface area (Å²) in [5, 5.41) is 8.99. The number of nitrogens with one attached hydrogen (secondary N) is 1. The molecule has 1 aromatic heterocycles. The van der Waals surface area contributed by atoms with Crippen molar-refractivity contribution in [3.63, 3.8) is 0 Å². The zero-order chi connectivity index (χ0) is 11.5. The van der Waals surface area contributed by atoms with Crippen LogP contribution >= 0.6 is 15.9 Å². The van der Waals surface area contributed by atoms with Crippen LogP contribution in [0.5, 0.6) is 0 Å². The fourth-order valence-corrected chi connectivity index (χ4v) is 2.02. The summed E-state index contributed by atoms with van der Waals surface area (Å²) in [5.41, 5.74) is 0.547. The summed E-state index contributed by atoms with van der Waals surface area (Å²) in [6.45, 7) is 1.41. The van der Waals surface area contributed by atoms with E-state index in [1.807, 2.05) is 0 Å². The molecule has 1 amide bonds. The number of aliphatic hydroxyl groups is 1. The monoisotopic (exact) mass is 288 g/mol. The van der Waals surface area contributed by atoms with Crippen molar-refractivity contribution in [1.82, 2.24) is 9.88 Å². The van der Waals surface area contributed by atoms with Crippen LogP contribution in [0.2, 0.25) is 0 Å². The summed E-state index contributed by atoms with van der Waals surface area (Å²) in [5.74, 6) is -0.0625. The van der Waals surface area contributed by atoms with Crippen molar-refractivity contribution in [2.24, 2.45) is 0 Å². The number of aliphatic hydroxyl groups excluding tert-OH is 1. The lowest BCUT2D eigenvalue weighted by atomic mass is 10.2. The second-order valence-corrected chi connectivity index (χ2v) is 4.57. The number of nitrogens with zero attached hydrogens (tertiary/aromatic N) is 1. The Hall–Kier alpha value is -0.850. The van der Waals surface area contributed by atoms with E-state index < -0.39 is 0 Å². The molecule has 0 radical (unpaired) electrons. The molecular formula is C10H13BrN2O3. The van der Waals surface area contributed by atoms with Crippen LogP contribution in [0, 0.1) is 0 Å². The molecule has 1 aromatic rings. The SMILES string of the molecule is O=C(c1cc(Br)c[nH]1)N1CCOC(CO)C1. The highest BCUT2D eigenvalue weighted by Crippen LogP contribution is 2.14. The topological polar surface area (TPSA) is 65.6 Å². The Balaban J connectivity index is 2.04. The van der Waals surface area contributed by atoms with E-state index in [4.69, 9.17) is 9.84 Å². The summed E-state index contributed by atoms with van der Waals surface area (Å²) in [7, 11) is 0. The van der Waals surface area contributed by atoms with Gasteiger partial charge in [0, 0.05) is 23.8 Å². The lowest BCUT2D eigenvalue weighted by molar-refractivity contribution is -0.0448. The van der Waals surface area contributed by atoms with Gasteiger partial charge in [0.05, 0.1) is 19.3 Å². The third-order valence-corrected chi connectivity index (χ3v) is 2.97. The molecule has 0 spiro atoms. The van der Waals surface area contributed by atoms with Gasteiger partial charge in [0.2, 0.25) is 0 Å². The minimum absolute atomic E-state index is 0.0573. The molecule has 88 valence electrons. The number of morpholine rings is 1. The van der Waals surface area contributed by atoms with E-state index in [-0.39, 0.29) is 18.6 Å². The first-order valence-electron chi connectivity index (χ1n) is 5.06. The van der Waals surface area contributed by atoms with Crippen molar-refractivity contribution in [2.75, 3.05) is 26.3 Å². The van der Waals surface area contributed by atoms with Gasteiger partial charge in [0.1, 0.15) is 5.69 Å². The van der Waals surface area contributed by atoms with E-state index >= 15 is 0 Å². The molecule has 5 nitrogen and oxygen atoms in total. The number of hydrogen-bond acceptors (Lipinski definition) is 3. The van der Waals surface area contributed by atoms with E-state index in [1.165, 1.54) is 0 Å². The molecule has 0 aromatic carbocycles. The summed E-state index contributed by atoms with van der Waals surface area (Å²) >= 11 is 3.28. The molecule has 2 rings (SSSR count). The smallest absolute Gasteiger partial charge is 0.270 e. The fraction of sp³-hybridized carbons (Fsp3) is 0.500. The molecule has 0 bridgehead atoms. The summed E-state index contributed by atoms with van der Waals surface area (Å²) in [6.07, 6.45) is 1.45. The molecule has 1 atom stereocenters. The molecule has 1 unspecified atom stereocenters. The Morgan fingerprint density at radius 2 is 2.56 bits per heavy atom. The van der Waals surface area contributed by atoms with Gasteiger partial charge in [0.15, 0.2) is 0 Å². The first-order chi connectivity index (χ1) is 7.70. The number of ether oxygens (including phenoxy) is 1. The van der Waals surface area contributed by atoms with Crippen LogP contribution in [0.15, 0.2) is 16.7 Å². The maximum Gasteiger partial charge on any atom is 0.270 e. The van der Waals surface area contributed by atoms with Crippen LogP contribution < -0.4 is 0 Å². The molecule has 2 heterocycles. The molecule has 1 aliphatic rings. The number of rotatable bonds is 2. The van der Waals surface area contributed by atoms with Crippen molar-refractivity contribution >= 4 is 21.8 Å². The first kappa shape index (κ1) is 11.6. The minimum atomic E-state index is -0.267. The lowest BCUT2D eigenvalue weighted by Crippen LogP contribution is -2.47. The van der Waals surface area contributed by atoms with Crippen LogP contribution in [-0.4, -0.2) is 53.3 Å². The Morgan fingerprint density at radius 1 is 1.75 bits per heavy atom. The minimum Gasteiger partial charge on any atom is -0.394 e. The van der Waals surface area contributed by atoms with Gasteiger partial charge < -0.3 is 19.7 Å².